The zero-order chi connectivity index (χ0) is 11.8. The van der Waals surface area contributed by atoms with Gasteiger partial charge in [0, 0.05) is 24.1 Å². The van der Waals surface area contributed by atoms with E-state index in [1.165, 1.54) is 6.20 Å². The van der Waals surface area contributed by atoms with Gasteiger partial charge in [0.2, 0.25) is 0 Å². The molecule has 0 aromatic carbocycles. The van der Waals surface area contributed by atoms with Crippen molar-refractivity contribution in [3.8, 4) is 6.07 Å². The quantitative estimate of drug-likeness (QED) is 0.833. The Morgan fingerprint density at radius 1 is 1.75 bits per heavy atom. The largest absolute Gasteiger partial charge is 0.478 e. The molecule has 16 heavy (non-hydrogen) atoms. The van der Waals surface area contributed by atoms with Crippen molar-refractivity contribution in [3.63, 3.8) is 0 Å². The molecule has 0 amide bonds. The predicted octanol–water partition coefficient (Wildman–Crippen LogP) is 1.58. The number of aromatic carboxylic acids is 1. The van der Waals surface area contributed by atoms with Gasteiger partial charge in [-0.05, 0) is 19.8 Å². The first-order valence-corrected chi connectivity index (χ1v) is 5.21. The lowest BCUT2D eigenvalue weighted by atomic mass is 10.0. The summed E-state index contributed by atoms with van der Waals surface area (Å²) < 4.78 is 1.70. The number of hydrogen-bond acceptors (Lipinski definition) is 3. The van der Waals surface area contributed by atoms with E-state index in [1.54, 1.807) is 11.6 Å². The summed E-state index contributed by atoms with van der Waals surface area (Å²) in [6, 6.07) is 2.18. The molecule has 0 spiro atoms. The van der Waals surface area contributed by atoms with Crippen LogP contribution >= 0.6 is 0 Å². The zero-order valence-electron chi connectivity index (χ0n) is 9.10. The molecule has 1 heterocycles. The normalized spacial score (nSPS) is 16.8. The van der Waals surface area contributed by atoms with Crippen LogP contribution in [-0.4, -0.2) is 20.9 Å². The summed E-state index contributed by atoms with van der Waals surface area (Å²) in [7, 11) is 0. The number of rotatable bonds is 4. The second-order valence-corrected chi connectivity index (χ2v) is 4.44. The first-order valence-electron chi connectivity index (χ1n) is 5.21. The number of nitrogens with zero attached hydrogens (tertiary/aromatic N) is 3. The van der Waals surface area contributed by atoms with Crippen LogP contribution in [0.15, 0.2) is 6.20 Å². The van der Waals surface area contributed by atoms with Gasteiger partial charge in [-0.15, -0.1) is 0 Å². The Balaban J connectivity index is 2.17. The second kappa shape index (κ2) is 3.63. The Hall–Kier alpha value is -1.83. The number of aromatic nitrogens is 2. The third-order valence-corrected chi connectivity index (χ3v) is 3.23. The highest BCUT2D eigenvalue weighted by atomic mass is 16.4. The van der Waals surface area contributed by atoms with Crippen LogP contribution in [0, 0.1) is 23.7 Å². The van der Waals surface area contributed by atoms with Crippen LogP contribution in [0.2, 0.25) is 0 Å². The van der Waals surface area contributed by atoms with Gasteiger partial charge in [0.15, 0.2) is 0 Å². The highest BCUT2D eigenvalue weighted by Gasteiger charge is 2.43. The van der Waals surface area contributed by atoms with Gasteiger partial charge in [0.1, 0.15) is 5.56 Å². The van der Waals surface area contributed by atoms with Gasteiger partial charge in [-0.25, -0.2) is 4.79 Å². The third-order valence-electron chi connectivity index (χ3n) is 3.23. The summed E-state index contributed by atoms with van der Waals surface area (Å²) >= 11 is 0. The van der Waals surface area contributed by atoms with Crippen molar-refractivity contribution in [2.45, 2.75) is 32.7 Å². The number of carboxylic acid groups (broad SMARTS) is 1. The van der Waals surface area contributed by atoms with Gasteiger partial charge in [0.05, 0.1) is 12.3 Å². The van der Waals surface area contributed by atoms with E-state index in [-0.39, 0.29) is 11.0 Å². The standard InChI is InChI=1S/C11H13N3O2/c1-8-9(10(15)16)6-13-14(8)7-11(2-3-11)4-5-12/h6H,2-4,7H2,1H3,(H,15,16). The fourth-order valence-corrected chi connectivity index (χ4v) is 1.87. The van der Waals surface area contributed by atoms with Crippen molar-refractivity contribution in [1.82, 2.24) is 9.78 Å². The molecule has 1 aromatic heterocycles. The number of carbonyl (C=O) groups is 1. The molecule has 5 heteroatoms. The van der Waals surface area contributed by atoms with E-state index >= 15 is 0 Å². The fourth-order valence-electron chi connectivity index (χ4n) is 1.87. The lowest BCUT2D eigenvalue weighted by Crippen LogP contribution is -2.14. The monoisotopic (exact) mass is 219 g/mol. The molecule has 0 unspecified atom stereocenters. The Morgan fingerprint density at radius 3 is 2.88 bits per heavy atom. The van der Waals surface area contributed by atoms with E-state index in [4.69, 9.17) is 10.4 Å². The second-order valence-electron chi connectivity index (χ2n) is 4.44. The van der Waals surface area contributed by atoms with Crippen LogP contribution in [0.25, 0.3) is 0 Å². The molecule has 1 N–H and O–H groups in total. The molecular formula is C11H13N3O2. The maximum Gasteiger partial charge on any atom is 0.339 e. The summed E-state index contributed by atoms with van der Waals surface area (Å²) in [4.78, 5) is 10.8. The van der Waals surface area contributed by atoms with Gasteiger partial charge in [-0.2, -0.15) is 10.4 Å². The summed E-state index contributed by atoms with van der Waals surface area (Å²) in [5.41, 5.74) is 0.950. The van der Waals surface area contributed by atoms with E-state index in [9.17, 15) is 4.79 Å². The molecule has 2 rings (SSSR count). The zero-order valence-corrected chi connectivity index (χ0v) is 9.10. The Labute approximate surface area is 93.3 Å². The van der Waals surface area contributed by atoms with Crippen LogP contribution in [0.5, 0.6) is 0 Å². The Bertz CT molecular complexity index is 466. The highest BCUT2D eigenvalue weighted by Crippen LogP contribution is 2.50. The number of carboxylic acids is 1. The average Bonchev–Trinajstić information content (AvgIpc) is 2.87. The molecule has 0 saturated heterocycles. The maximum atomic E-state index is 10.8. The molecule has 0 atom stereocenters. The van der Waals surface area contributed by atoms with Crippen LogP contribution < -0.4 is 0 Å². The lowest BCUT2D eigenvalue weighted by Gasteiger charge is -2.12. The minimum absolute atomic E-state index is 0.0430. The molecule has 1 aliphatic rings. The lowest BCUT2D eigenvalue weighted by molar-refractivity contribution is 0.0696. The molecule has 5 nitrogen and oxygen atoms in total. The van der Waals surface area contributed by atoms with E-state index in [0.717, 1.165) is 12.8 Å². The molecule has 1 aromatic rings. The van der Waals surface area contributed by atoms with Crippen LogP contribution in [0.1, 0.15) is 35.3 Å². The number of nitriles is 1. The maximum absolute atomic E-state index is 10.8. The topological polar surface area (TPSA) is 78.9 Å². The molecule has 1 aliphatic carbocycles. The SMILES string of the molecule is Cc1c(C(=O)O)cnn1CC1(CC#N)CC1. The van der Waals surface area contributed by atoms with Gasteiger partial charge in [0.25, 0.3) is 0 Å². The highest BCUT2D eigenvalue weighted by molar-refractivity contribution is 5.88. The first kappa shape index (κ1) is 10.7. The third kappa shape index (κ3) is 1.78. The summed E-state index contributed by atoms with van der Waals surface area (Å²) in [5.74, 6) is -0.950. The molecular weight excluding hydrogens is 206 g/mol. The average molecular weight is 219 g/mol. The van der Waals surface area contributed by atoms with Crippen LogP contribution in [0.4, 0.5) is 0 Å². The Morgan fingerprint density at radius 2 is 2.44 bits per heavy atom. The van der Waals surface area contributed by atoms with E-state index in [1.807, 2.05) is 0 Å². The van der Waals surface area contributed by atoms with E-state index < -0.39 is 5.97 Å². The van der Waals surface area contributed by atoms with Crippen molar-refractivity contribution >= 4 is 5.97 Å². The van der Waals surface area contributed by atoms with Crippen molar-refractivity contribution in [2.75, 3.05) is 0 Å². The molecule has 0 bridgehead atoms. The fraction of sp³-hybridized carbons (Fsp3) is 0.545. The summed E-state index contributed by atoms with van der Waals surface area (Å²) in [5, 5.41) is 21.7. The van der Waals surface area contributed by atoms with E-state index in [0.29, 0.717) is 18.7 Å². The molecule has 1 saturated carbocycles. The summed E-state index contributed by atoms with van der Waals surface area (Å²) in [6.07, 6.45) is 3.96. The van der Waals surface area contributed by atoms with Crippen molar-refractivity contribution < 1.29 is 9.90 Å². The minimum atomic E-state index is -0.950. The molecule has 1 fully saturated rings. The van der Waals surface area contributed by atoms with Crippen molar-refractivity contribution in [1.29, 1.82) is 5.26 Å². The van der Waals surface area contributed by atoms with E-state index in [2.05, 4.69) is 11.2 Å². The van der Waals surface area contributed by atoms with Crippen LogP contribution in [-0.2, 0) is 6.54 Å². The minimum Gasteiger partial charge on any atom is -0.478 e. The van der Waals surface area contributed by atoms with Gasteiger partial charge < -0.3 is 5.11 Å². The first-order chi connectivity index (χ1) is 7.58. The van der Waals surface area contributed by atoms with Crippen molar-refractivity contribution in [2.24, 2.45) is 5.41 Å². The van der Waals surface area contributed by atoms with Gasteiger partial charge in [-0.3, -0.25) is 4.68 Å². The van der Waals surface area contributed by atoms with Gasteiger partial charge in [-0.1, -0.05) is 0 Å². The molecule has 0 radical (unpaired) electrons. The molecule has 84 valence electrons. The summed E-state index contributed by atoms with van der Waals surface area (Å²) in [6.45, 7) is 2.40. The smallest absolute Gasteiger partial charge is 0.339 e. The molecule has 0 aliphatic heterocycles. The van der Waals surface area contributed by atoms with Crippen LogP contribution in [0.3, 0.4) is 0 Å². The van der Waals surface area contributed by atoms with Crippen molar-refractivity contribution in [3.05, 3.63) is 17.5 Å². The van der Waals surface area contributed by atoms with Gasteiger partial charge >= 0.3 is 5.97 Å². The number of hydrogen-bond donors (Lipinski definition) is 1. The predicted molar refractivity (Wildman–Crippen MR) is 55.8 cm³/mol. The Kier molecular flexibility index (Phi) is 2.43.